The summed E-state index contributed by atoms with van der Waals surface area (Å²) in [6, 6.07) is 11.2. The Morgan fingerprint density at radius 1 is 1.33 bits per heavy atom. The van der Waals surface area contributed by atoms with E-state index >= 15 is 0 Å². The molecule has 2 aromatic rings. The number of hydrogen-bond acceptors (Lipinski definition) is 5. The number of hydrazone groups is 1. The first-order chi connectivity index (χ1) is 11.5. The van der Waals surface area contributed by atoms with E-state index in [1.165, 1.54) is 13.0 Å². The lowest BCUT2D eigenvalue weighted by Gasteiger charge is -2.04. The van der Waals surface area contributed by atoms with Gasteiger partial charge in [-0.3, -0.25) is 4.79 Å². The van der Waals surface area contributed by atoms with E-state index in [0.717, 1.165) is 12.0 Å². The van der Waals surface area contributed by atoms with Crippen molar-refractivity contribution in [3.63, 3.8) is 0 Å². The Kier molecular flexibility index (Phi) is 4.20. The molecule has 1 saturated carbocycles. The maximum Gasteiger partial charge on any atom is 0.348 e. The van der Waals surface area contributed by atoms with Gasteiger partial charge in [0.2, 0.25) is 5.91 Å². The van der Waals surface area contributed by atoms with Crippen LogP contribution in [-0.2, 0) is 4.79 Å². The average Bonchev–Trinajstić information content (AvgIpc) is 3.33. The second-order valence-corrected chi connectivity index (χ2v) is 5.94. The van der Waals surface area contributed by atoms with Crippen LogP contribution in [0.15, 0.2) is 50.7 Å². The maximum atomic E-state index is 12.2. The van der Waals surface area contributed by atoms with Crippen molar-refractivity contribution < 1.29 is 14.3 Å². The summed E-state index contributed by atoms with van der Waals surface area (Å²) in [5, 5.41) is 13.8. The third-order valence-corrected chi connectivity index (χ3v) is 4.10. The summed E-state index contributed by atoms with van der Waals surface area (Å²) < 4.78 is 4.94. The lowest BCUT2D eigenvalue weighted by atomic mass is 10.1. The Morgan fingerprint density at radius 3 is 2.71 bits per heavy atom. The van der Waals surface area contributed by atoms with Gasteiger partial charge in [0, 0.05) is 12.0 Å². The van der Waals surface area contributed by atoms with Gasteiger partial charge in [-0.1, -0.05) is 30.3 Å². The van der Waals surface area contributed by atoms with E-state index in [1.807, 2.05) is 30.3 Å². The molecule has 6 nitrogen and oxygen atoms in total. The molecule has 1 heterocycles. The number of hydrogen-bond donors (Lipinski definition) is 2. The van der Waals surface area contributed by atoms with Crippen LogP contribution in [0.1, 0.15) is 36.1 Å². The highest BCUT2D eigenvalue weighted by atomic mass is 16.4. The van der Waals surface area contributed by atoms with Gasteiger partial charge in [-0.15, -0.1) is 0 Å². The summed E-state index contributed by atoms with van der Waals surface area (Å²) >= 11 is 0. The minimum Gasteiger partial charge on any atom is -0.507 e. The van der Waals surface area contributed by atoms with Crippen LogP contribution in [0, 0.1) is 12.8 Å². The number of carbonyl (C=O) groups is 1. The Labute approximate surface area is 138 Å². The molecule has 1 aliphatic rings. The van der Waals surface area contributed by atoms with E-state index in [4.69, 9.17) is 4.42 Å². The van der Waals surface area contributed by atoms with Crippen LogP contribution in [0.25, 0.3) is 0 Å². The number of benzene rings is 1. The third kappa shape index (κ3) is 3.22. The Hall–Kier alpha value is -2.89. The molecule has 0 bridgehead atoms. The first-order valence-corrected chi connectivity index (χ1v) is 7.70. The van der Waals surface area contributed by atoms with Gasteiger partial charge in [0.25, 0.3) is 0 Å². The molecule has 6 heteroatoms. The average molecular weight is 326 g/mol. The molecule has 2 N–H and O–H groups in total. The standard InChI is InChI=1S/C18H18N2O4/c1-10-8-15(21)16(18(23)24-10)11(2)19-20-17(22)14-9-13(14)12-6-4-3-5-7-12/h3-8,13-14,21H,9H2,1-2H3,(H,20,22). The smallest absolute Gasteiger partial charge is 0.348 e. The summed E-state index contributed by atoms with van der Waals surface area (Å²) in [7, 11) is 0. The van der Waals surface area contributed by atoms with Crippen molar-refractivity contribution in [1.29, 1.82) is 0 Å². The predicted octanol–water partition coefficient (Wildman–Crippen LogP) is 2.30. The lowest BCUT2D eigenvalue weighted by molar-refractivity contribution is -0.122. The highest BCUT2D eigenvalue weighted by Crippen LogP contribution is 2.47. The highest BCUT2D eigenvalue weighted by Gasteiger charge is 2.43. The van der Waals surface area contributed by atoms with E-state index in [9.17, 15) is 14.7 Å². The number of nitrogens with zero attached hydrogens (tertiary/aromatic N) is 1. The SMILES string of the molecule is CC(=NNC(=O)C1CC1c1ccccc1)c1c(O)cc(C)oc1=O. The number of nitrogens with one attached hydrogen (secondary N) is 1. The molecule has 3 rings (SSSR count). The van der Waals surface area contributed by atoms with Crippen LogP contribution < -0.4 is 11.1 Å². The molecule has 2 unspecified atom stereocenters. The topological polar surface area (TPSA) is 91.9 Å². The van der Waals surface area contributed by atoms with Crippen molar-refractivity contribution in [3.05, 3.63) is 63.7 Å². The van der Waals surface area contributed by atoms with Crippen LogP contribution in [0.3, 0.4) is 0 Å². The summed E-state index contributed by atoms with van der Waals surface area (Å²) in [6.07, 6.45) is 0.780. The van der Waals surface area contributed by atoms with Gasteiger partial charge in [0.1, 0.15) is 17.1 Å². The van der Waals surface area contributed by atoms with Crippen LogP contribution in [0.2, 0.25) is 0 Å². The molecule has 24 heavy (non-hydrogen) atoms. The van der Waals surface area contributed by atoms with Crippen LogP contribution in [-0.4, -0.2) is 16.7 Å². The molecule has 0 saturated heterocycles. The summed E-state index contributed by atoms with van der Waals surface area (Å²) in [5.41, 5.74) is 3.08. The number of rotatable bonds is 4. The Morgan fingerprint density at radius 2 is 2.04 bits per heavy atom. The summed E-state index contributed by atoms with van der Waals surface area (Å²) in [6.45, 7) is 3.10. The van der Waals surface area contributed by atoms with Crippen molar-refractivity contribution in [2.45, 2.75) is 26.2 Å². The van der Waals surface area contributed by atoms with Crippen LogP contribution in [0.5, 0.6) is 5.75 Å². The summed E-state index contributed by atoms with van der Waals surface area (Å²) in [5.74, 6) is -0.0136. The second kappa shape index (κ2) is 6.31. The van der Waals surface area contributed by atoms with E-state index in [-0.39, 0.29) is 34.8 Å². The first-order valence-electron chi connectivity index (χ1n) is 7.70. The third-order valence-electron chi connectivity index (χ3n) is 4.10. The molecule has 1 aromatic carbocycles. The van der Waals surface area contributed by atoms with Gasteiger partial charge in [-0.25, -0.2) is 10.2 Å². The second-order valence-electron chi connectivity index (χ2n) is 5.94. The quantitative estimate of drug-likeness (QED) is 0.666. The highest BCUT2D eigenvalue weighted by molar-refractivity contribution is 6.01. The van der Waals surface area contributed by atoms with E-state index < -0.39 is 5.63 Å². The maximum absolute atomic E-state index is 12.2. The van der Waals surface area contributed by atoms with Gasteiger partial charge >= 0.3 is 5.63 Å². The summed E-state index contributed by atoms with van der Waals surface area (Å²) in [4.78, 5) is 24.0. The normalized spacial score (nSPS) is 19.8. The molecule has 1 amide bonds. The fraction of sp³-hybridized carbons (Fsp3) is 0.278. The molecule has 1 fully saturated rings. The fourth-order valence-corrected chi connectivity index (χ4v) is 2.76. The minimum absolute atomic E-state index is 0.0451. The number of amides is 1. The zero-order valence-corrected chi connectivity index (χ0v) is 13.4. The molecule has 2 atom stereocenters. The molecule has 1 aliphatic carbocycles. The largest absolute Gasteiger partial charge is 0.507 e. The van der Waals surface area contributed by atoms with E-state index in [2.05, 4.69) is 10.5 Å². The monoisotopic (exact) mass is 326 g/mol. The van der Waals surface area contributed by atoms with E-state index in [0.29, 0.717) is 5.76 Å². The zero-order chi connectivity index (χ0) is 17.3. The molecular weight excluding hydrogens is 308 g/mol. The first kappa shape index (κ1) is 16.0. The van der Waals surface area contributed by atoms with Gasteiger partial charge in [-0.2, -0.15) is 5.10 Å². The predicted molar refractivity (Wildman–Crippen MR) is 89.0 cm³/mol. The Balaban J connectivity index is 1.68. The van der Waals surface area contributed by atoms with Crippen molar-refractivity contribution in [1.82, 2.24) is 5.43 Å². The van der Waals surface area contributed by atoms with Gasteiger partial charge < -0.3 is 9.52 Å². The molecule has 0 aliphatic heterocycles. The zero-order valence-electron chi connectivity index (χ0n) is 13.4. The molecule has 124 valence electrons. The van der Waals surface area contributed by atoms with E-state index in [1.54, 1.807) is 6.92 Å². The van der Waals surface area contributed by atoms with Gasteiger partial charge in [0.05, 0.1) is 5.71 Å². The number of aryl methyl sites for hydroxylation is 1. The number of carbonyl (C=O) groups excluding carboxylic acids is 1. The van der Waals surface area contributed by atoms with Crippen molar-refractivity contribution in [2.24, 2.45) is 11.0 Å². The minimum atomic E-state index is -0.684. The van der Waals surface area contributed by atoms with Gasteiger partial charge in [0.15, 0.2) is 0 Å². The lowest BCUT2D eigenvalue weighted by Crippen LogP contribution is -2.23. The molecule has 1 aromatic heterocycles. The van der Waals surface area contributed by atoms with Crippen molar-refractivity contribution in [3.8, 4) is 5.75 Å². The molecule has 0 radical (unpaired) electrons. The van der Waals surface area contributed by atoms with Crippen molar-refractivity contribution in [2.75, 3.05) is 0 Å². The van der Waals surface area contributed by atoms with Crippen molar-refractivity contribution >= 4 is 11.6 Å². The Bertz CT molecular complexity index is 855. The molecular formula is C18H18N2O4. The number of aromatic hydroxyl groups is 1. The van der Waals surface area contributed by atoms with Crippen LogP contribution in [0.4, 0.5) is 0 Å². The van der Waals surface area contributed by atoms with Crippen LogP contribution >= 0.6 is 0 Å². The fourth-order valence-electron chi connectivity index (χ4n) is 2.76. The van der Waals surface area contributed by atoms with Gasteiger partial charge in [-0.05, 0) is 31.7 Å². The molecule has 0 spiro atoms.